The van der Waals surface area contributed by atoms with Crippen molar-refractivity contribution in [3.8, 4) is 5.75 Å². The smallest absolute Gasteiger partial charge is 0.253 e. The van der Waals surface area contributed by atoms with E-state index in [1.165, 1.54) is 13.4 Å². The van der Waals surface area contributed by atoms with Crippen molar-refractivity contribution in [1.29, 1.82) is 0 Å². The normalized spacial score (nSPS) is 11.4. The zero-order chi connectivity index (χ0) is 18.9. The Labute approximate surface area is 150 Å². The Morgan fingerprint density at radius 2 is 2.08 bits per heavy atom. The van der Waals surface area contributed by atoms with Gasteiger partial charge in [-0.2, -0.15) is 5.10 Å². The molecule has 0 unspecified atom stereocenters. The molecular weight excluding hydrogens is 336 g/mol. The van der Waals surface area contributed by atoms with Crippen molar-refractivity contribution in [3.63, 3.8) is 0 Å². The summed E-state index contributed by atoms with van der Waals surface area (Å²) in [7, 11) is 3.34. The molecule has 9 nitrogen and oxygen atoms in total. The second-order valence-corrected chi connectivity index (χ2v) is 6.33. The minimum absolute atomic E-state index is 0.514. The first-order chi connectivity index (χ1) is 12.4. The lowest BCUT2D eigenvalue weighted by Gasteiger charge is -2.25. The number of nitrogens with zero attached hydrogens (tertiary/aromatic N) is 4. The maximum absolute atomic E-state index is 12.0. The highest BCUT2D eigenvalue weighted by Crippen LogP contribution is 2.35. The molecule has 136 valence electrons. The lowest BCUT2D eigenvalue weighted by molar-refractivity contribution is -0.134. The molecule has 0 atom stereocenters. The van der Waals surface area contributed by atoms with Gasteiger partial charge in [0.2, 0.25) is 0 Å². The summed E-state index contributed by atoms with van der Waals surface area (Å²) in [6, 6.07) is 5.36. The van der Waals surface area contributed by atoms with Gasteiger partial charge in [0.25, 0.3) is 5.91 Å². The molecule has 0 radical (unpaired) electrons. The Bertz CT molecular complexity index is 966. The molecule has 0 aliphatic carbocycles. The van der Waals surface area contributed by atoms with Gasteiger partial charge < -0.3 is 10.1 Å². The monoisotopic (exact) mass is 356 g/mol. The molecule has 1 amide bonds. The van der Waals surface area contributed by atoms with E-state index in [0.29, 0.717) is 22.8 Å². The van der Waals surface area contributed by atoms with Gasteiger partial charge in [-0.15, -0.1) is 0 Å². The van der Waals surface area contributed by atoms with E-state index in [2.05, 4.69) is 20.4 Å². The summed E-state index contributed by atoms with van der Waals surface area (Å²) in [4.78, 5) is 20.4. The van der Waals surface area contributed by atoms with Crippen molar-refractivity contribution in [3.05, 3.63) is 36.3 Å². The molecule has 3 rings (SSSR count). The third-order valence-corrected chi connectivity index (χ3v) is 4.34. The average Bonchev–Trinajstić information content (AvgIpc) is 3.03. The van der Waals surface area contributed by atoms with E-state index in [4.69, 9.17) is 9.94 Å². The number of carbonyl (C=O) groups excluding carboxylic acids is 1. The minimum Gasteiger partial charge on any atom is -0.496 e. The maximum Gasteiger partial charge on any atom is 0.253 e. The van der Waals surface area contributed by atoms with Gasteiger partial charge in [0, 0.05) is 24.4 Å². The predicted molar refractivity (Wildman–Crippen MR) is 95.5 cm³/mol. The molecule has 0 saturated carbocycles. The SMILES string of the molecule is COc1cc(Nc2ncnc3c2cnn3C)ccc1C(C)(C)C(=O)NO. The molecule has 0 bridgehead atoms. The Balaban J connectivity index is 1.98. The Kier molecular flexibility index (Phi) is 4.47. The molecule has 3 aromatic rings. The molecule has 26 heavy (non-hydrogen) atoms. The summed E-state index contributed by atoms with van der Waals surface area (Å²) in [6.45, 7) is 3.40. The number of anilines is 2. The maximum atomic E-state index is 12.0. The van der Waals surface area contributed by atoms with Crippen LogP contribution in [0.1, 0.15) is 19.4 Å². The molecule has 0 fully saturated rings. The van der Waals surface area contributed by atoms with Gasteiger partial charge in [-0.25, -0.2) is 15.4 Å². The van der Waals surface area contributed by atoms with Crippen LogP contribution >= 0.6 is 0 Å². The van der Waals surface area contributed by atoms with Gasteiger partial charge in [0.1, 0.15) is 17.9 Å². The van der Waals surface area contributed by atoms with Crippen LogP contribution in [-0.2, 0) is 17.3 Å². The van der Waals surface area contributed by atoms with Gasteiger partial charge in [-0.1, -0.05) is 6.07 Å². The van der Waals surface area contributed by atoms with E-state index < -0.39 is 11.3 Å². The zero-order valence-electron chi connectivity index (χ0n) is 14.9. The Morgan fingerprint density at radius 3 is 2.77 bits per heavy atom. The summed E-state index contributed by atoms with van der Waals surface area (Å²) in [5, 5.41) is 17.2. The number of fused-ring (bicyclic) bond motifs is 1. The third-order valence-electron chi connectivity index (χ3n) is 4.34. The van der Waals surface area contributed by atoms with Crippen molar-refractivity contribution in [2.75, 3.05) is 12.4 Å². The number of ether oxygens (including phenoxy) is 1. The number of hydroxylamine groups is 1. The fourth-order valence-electron chi connectivity index (χ4n) is 2.75. The fraction of sp³-hybridized carbons (Fsp3) is 0.294. The largest absolute Gasteiger partial charge is 0.496 e. The number of hydrogen-bond acceptors (Lipinski definition) is 7. The number of aromatic nitrogens is 4. The molecule has 0 aliphatic rings. The Hall–Kier alpha value is -3.20. The van der Waals surface area contributed by atoms with Gasteiger partial charge in [0.15, 0.2) is 5.65 Å². The molecule has 3 N–H and O–H groups in total. The number of hydrogen-bond donors (Lipinski definition) is 3. The van der Waals surface area contributed by atoms with E-state index in [1.54, 1.807) is 42.3 Å². The molecule has 9 heteroatoms. The quantitative estimate of drug-likeness (QED) is 0.472. The minimum atomic E-state index is -0.968. The molecule has 0 saturated heterocycles. The molecule has 2 aromatic heterocycles. The van der Waals surface area contributed by atoms with Gasteiger partial charge in [0.05, 0.1) is 24.1 Å². The van der Waals surface area contributed by atoms with Crippen LogP contribution in [-0.4, -0.2) is 38.0 Å². The number of nitrogens with one attached hydrogen (secondary N) is 2. The van der Waals surface area contributed by atoms with Gasteiger partial charge in [-0.3, -0.25) is 14.7 Å². The van der Waals surface area contributed by atoms with Crippen molar-refractivity contribution in [1.82, 2.24) is 25.2 Å². The predicted octanol–water partition coefficient (Wildman–Crippen LogP) is 1.90. The van der Waals surface area contributed by atoms with E-state index in [-0.39, 0.29) is 0 Å². The van der Waals surface area contributed by atoms with Crippen LogP contribution < -0.4 is 15.5 Å². The number of benzene rings is 1. The van der Waals surface area contributed by atoms with Crippen LogP contribution in [0.3, 0.4) is 0 Å². The second-order valence-electron chi connectivity index (χ2n) is 6.33. The van der Waals surface area contributed by atoms with Gasteiger partial charge in [-0.05, 0) is 19.9 Å². The number of rotatable bonds is 5. The van der Waals surface area contributed by atoms with E-state index >= 15 is 0 Å². The zero-order valence-corrected chi connectivity index (χ0v) is 14.9. The van der Waals surface area contributed by atoms with Crippen LogP contribution in [0.15, 0.2) is 30.7 Å². The molecular formula is C17H20N6O3. The highest BCUT2D eigenvalue weighted by molar-refractivity contribution is 5.89. The van der Waals surface area contributed by atoms with Crippen molar-refractivity contribution in [2.24, 2.45) is 7.05 Å². The van der Waals surface area contributed by atoms with Crippen LogP contribution in [0.2, 0.25) is 0 Å². The summed E-state index contributed by atoms with van der Waals surface area (Å²) < 4.78 is 7.11. The first-order valence-electron chi connectivity index (χ1n) is 7.91. The lowest BCUT2D eigenvalue weighted by atomic mass is 9.83. The van der Waals surface area contributed by atoms with Crippen LogP contribution in [0.25, 0.3) is 11.0 Å². The summed E-state index contributed by atoms with van der Waals surface area (Å²) in [5.41, 5.74) is 2.82. The second kappa shape index (κ2) is 6.60. The van der Waals surface area contributed by atoms with Gasteiger partial charge >= 0.3 is 0 Å². The van der Waals surface area contributed by atoms with E-state index in [1.807, 2.05) is 13.1 Å². The van der Waals surface area contributed by atoms with Crippen molar-refractivity contribution < 1.29 is 14.7 Å². The Morgan fingerprint density at radius 1 is 1.31 bits per heavy atom. The highest BCUT2D eigenvalue weighted by Gasteiger charge is 2.32. The number of aryl methyl sites for hydroxylation is 1. The fourth-order valence-corrected chi connectivity index (χ4v) is 2.75. The van der Waals surface area contributed by atoms with Crippen LogP contribution in [0, 0.1) is 0 Å². The number of methoxy groups -OCH3 is 1. The standard InChI is InChI=1S/C17H20N6O3/c1-17(2,16(24)22-25)12-6-5-10(7-13(12)26-4)21-14-11-8-20-23(3)15(11)19-9-18-14/h5-9,25H,1-4H3,(H,22,24)(H,18,19,21). The first-order valence-corrected chi connectivity index (χ1v) is 7.91. The molecule has 2 heterocycles. The summed E-state index contributed by atoms with van der Waals surface area (Å²) >= 11 is 0. The average molecular weight is 356 g/mol. The molecule has 0 aliphatic heterocycles. The molecule has 1 aromatic carbocycles. The summed E-state index contributed by atoms with van der Waals surface area (Å²) in [5.74, 6) is 0.606. The van der Waals surface area contributed by atoms with E-state index in [0.717, 1.165) is 11.1 Å². The highest BCUT2D eigenvalue weighted by atomic mass is 16.5. The van der Waals surface area contributed by atoms with Crippen LogP contribution in [0.5, 0.6) is 5.75 Å². The topological polar surface area (TPSA) is 114 Å². The number of amides is 1. The van der Waals surface area contributed by atoms with Crippen LogP contribution in [0.4, 0.5) is 11.5 Å². The van der Waals surface area contributed by atoms with Crippen molar-refractivity contribution >= 4 is 28.4 Å². The lowest BCUT2D eigenvalue weighted by Crippen LogP contribution is -2.38. The third kappa shape index (κ3) is 2.93. The van der Waals surface area contributed by atoms with E-state index in [9.17, 15) is 4.79 Å². The summed E-state index contributed by atoms with van der Waals surface area (Å²) in [6.07, 6.45) is 3.16. The molecule has 0 spiro atoms. The van der Waals surface area contributed by atoms with Crippen molar-refractivity contribution in [2.45, 2.75) is 19.3 Å². The first kappa shape index (κ1) is 17.6. The number of carbonyl (C=O) groups is 1.